The van der Waals surface area contributed by atoms with Gasteiger partial charge in [0.25, 0.3) is 0 Å². The van der Waals surface area contributed by atoms with Crippen LogP contribution in [0, 0.1) is 0 Å². The third-order valence-electron chi connectivity index (χ3n) is 4.89. The fourth-order valence-electron chi connectivity index (χ4n) is 3.60. The van der Waals surface area contributed by atoms with Gasteiger partial charge in [-0.1, -0.05) is 30.3 Å². The standard InChI is InChI=1S/C19H24F3N3/c1-15-12-24(13-16-6-4-3-5-7-16)10-11-25(15)18-9-8-17(14-23(18)2)19(20,21)22/h3-9,14-15,18H,10-13H2,1-2H3/t15-,18?/m1/s1. The predicted molar refractivity (Wildman–Crippen MR) is 92.7 cm³/mol. The minimum absolute atomic E-state index is 0.125. The summed E-state index contributed by atoms with van der Waals surface area (Å²) in [6.45, 7) is 5.70. The first-order valence-electron chi connectivity index (χ1n) is 8.56. The van der Waals surface area contributed by atoms with E-state index in [1.165, 1.54) is 17.8 Å². The van der Waals surface area contributed by atoms with Gasteiger partial charge in [-0.05, 0) is 24.6 Å². The van der Waals surface area contributed by atoms with Gasteiger partial charge in [0, 0.05) is 45.5 Å². The predicted octanol–water partition coefficient (Wildman–Crippen LogP) is 3.47. The summed E-state index contributed by atoms with van der Waals surface area (Å²) in [5, 5.41) is 0. The number of benzene rings is 1. The SMILES string of the molecule is C[C@@H]1CN(Cc2ccccc2)CCN1C1C=CC(C(F)(F)F)=CN1C. The van der Waals surface area contributed by atoms with E-state index in [4.69, 9.17) is 0 Å². The molecule has 0 aromatic heterocycles. The summed E-state index contributed by atoms with van der Waals surface area (Å²) in [4.78, 5) is 6.33. The first kappa shape index (κ1) is 18.0. The normalized spacial score (nSPS) is 26.0. The molecular weight excluding hydrogens is 327 g/mol. The molecule has 0 amide bonds. The van der Waals surface area contributed by atoms with E-state index in [0.29, 0.717) is 0 Å². The molecule has 25 heavy (non-hydrogen) atoms. The van der Waals surface area contributed by atoms with Crippen LogP contribution in [0.15, 0.2) is 54.3 Å². The van der Waals surface area contributed by atoms with Crippen molar-refractivity contribution in [3.05, 3.63) is 59.8 Å². The minimum Gasteiger partial charge on any atom is -0.361 e. The fourth-order valence-corrected chi connectivity index (χ4v) is 3.60. The van der Waals surface area contributed by atoms with Crippen molar-refractivity contribution in [1.29, 1.82) is 0 Å². The highest BCUT2D eigenvalue weighted by Gasteiger charge is 2.37. The third kappa shape index (κ3) is 4.25. The number of hydrogen-bond donors (Lipinski definition) is 0. The van der Waals surface area contributed by atoms with Gasteiger partial charge in [-0.3, -0.25) is 9.80 Å². The fraction of sp³-hybridized carbons (Fsp3) is 0.474. The molecule has 6 heteroatoms. The largest absolute Gasteiger partial charge is 0.417 e. The zero-order valence-corrected chi connectivity index (χ0v) is 14.6. The molecular formula is C19H24F3N3. The van der Waals surface area contributed by atoms with E-state index in [9.17, 15) is 13.2 Å². The number of halogens is 3. The quantitative estimate of drug-likeness (QED) is 0.826. The Morgan fingerprint density at radius 3 is 2.44 bits per heavy atom. The summed E-state index contributed by atoms with van der Waals surface area (Å²) in [5.41, 5.74) is 0.692. The average molecular weight is 351 g/mol. The van der Waals surface area contributed by atoms with E-state index in [0.717, 1.165) is 26.2 Å². The molecule has 2 aliphatic rings. The number of allylic oxidation sites excluding steroid dienone is 2. The Morgan fingerprint density at radius 2 is 1.84 bits per heavy atom. The average Bonchev–Trinajstić information content (AvgIpc) is 2.56. The zero-order valence-electron chi connectivity index (χ0n) is 14.6. The Hall–Kier alpha value is -1.79. The van der Waals surface area contributed by atoms with Crippen molar-refractivity contribution in [3.63, 3.8) is 0 Å². The van der Waals surface area contributed by atoms with Gasteiger partial charge in [-0.25, -0.2) is 0 Å². The molecule has 3 rings (SSSR count). The molecule has 136 valence electrons. The Morgan fingerprint density at radius 1 is 1.12 bits per heavy atom. The van der Waals surface area contributed by atoms with E-state index in [-0.39, 0.29) is 12.2 Å². The second kappa shape index (κ2) is 7.22. The summed E-state index contributed by atoms with van der Waals surface area (Å²) in [7, 11) is 1.71. The smallest absolute Gasteiger partial charge is 0.361 e. The number of piperazine rings is 1. The first-order chi connectivity index (χ1) is 11.8. The second-order valence-electron chi connectivity index (χ2n) is 6.83. The first-order valence-corrected chi connectivity index (χ1v) is 8.56. The lowest BCUT2D eigenvalue weighted by molar-refractivity contribution is -0.0907. The third-order valence-corrected chi connectivity index (χ3v) is 4.89. The summed E-state index contributed by atoms with van der Waals surface area (Å²) < 4.78 is 38.6. The van der Waals surface area contributed by atoms with Crippen LogP contribution >= 0.6 is 0 Å². The molecule has 1 aromatic carbocycles. The molecule has 1 aromatic rings. The van der Waals surface area contributed by atoms with Gasteiger partial charge in [0.2, 0.25) is 0 Å². The highest BCUT2D eigenvalue weighted by Crippen LogP contribution is 2.31. The minimum atomic E-state index is -4.30. The molecule has 0 saturated carbocycles. The van der Waals surface area contributed by atoms with Gasteiger partial charge in [0.15, 0.2) is 0 Å². The molecule has 0 N–H and O–H groups in total. The maximum Gasteiger partial charge on any atom is 0.417 e. The Labute approximate surface area is 147 Å². The lowest BCUT2D eigenvalue weighted by Gasteiger charge is -2.46. The lowest BCUT2D eigenvalue weighted by atomic mass is 10.1. The van der Waals surface area contributed by atoms with E-state index in [1.807, 2.05) is 18.2 Å². The topological polar surface area (TPSA) is 9.72 Å². The zero-order chi connectivity index (χ0) is 18.0. The van der Waals surface area contributed by atoms with Crippen molar-refractivity contribution in [2.24, 2.45) is 0 Å². The highest BCUT2D eigenvalue weighted by atomic mass is 19.4. The summed E-state index contributed by atoms with van der Waals surface area (Å²) >= 11 is 0. The molecule has 1 saturated heterocycles. The molecule has 0 bridgehead atoms. The maximum atomic E-state index is 12.9. The van der Waals surface area contributed by atoms with Crippen LogP contribution in [0.3, 0.4) is 0 Å². The van der Waals surface area contributed by atoms with E-state index in [2.05, 4.69) is 28.9 Å². The molecule has 2 heterocycles. The van der Waals surface area contributed by atoms with Crippen molar-refractivity contribution in [2.75, 3.05) is 26.7 Å². The van der Waals surface area contributed by atoms with Crippen molar-refractivity contribution >= 4 is 0 Å². The Kier molecular flexibility index (Phi) is 5.20. The summed E-state index contributed by atoms with van der Waals surface area (Å²) in [6, 6.07) is 10.6. The second-order valence-corrected chi connectivity index (χ2v) is 6.83. The van der Waals surface area contributed by atoms with E-state index >= 15 is 0 Å². The van der Waals surface area contributed by atoms with Crippen molar-refractivity contribution in [3.8, 4) is 0 Å². The highest BCUT2D eigenvalue weighted by molar-refractivity contribution is 5.28. The monoisotopic (exact) mass is 351 g/mol. The van der Waals surface area contributed by atoms with Gasteiger partial charge in [-0.15, -0.1) is 0 Å². The van der Waals surface area contributed by atoms with Gasteiger partial charge >= 0.3 is 6.18 Å². The van der Waals surface area contributed by atoms with Crippen molar-refractivity contribution < 1.29 is 13.2 Å². The molecule has 2 aliphatic heterocycles. The van der Waals surface area contributed by atoms with Crippen LogP contribution in [-0.2, 0) is 6.54 Å². The van der Waals surface area contributed by atoms with E-state index < -0.39 is 11.7 Å². The maximum absolute atomic E-state index is 12.9. The Balaban J connectivity index is 1.61. The van der Waals surface area contributed by atoms with Crippen molar-refractivity contribution in [2.45, 2.75) is 31.9 Å². The van der Waals surface area contributed by atoms with Crippen LogP contribution in [0.1, 0.15) is 12.5 Å². The van der Waals surface area contributed by atoms with Crippen molar-refractivity contribution in [1.82, 2.24) is 14.7 Å². The van der Waals surface area contributed by atoms with Gasteiger partial charge in [0.1, 0.15) is 6.17 Å². The van der Waals surface area contributed by atoms with E-state index in [1.54, 1.807) is 18.0 Å². The molecule has 0 spiro atoms. The lowest BCUT2D eigenvalue weighted by Crippen LogP contribution is -2.58. The van der Waals surface area contributed by atoms with Crippen LogP contribution in [-0.4, -0.2) is 59.8 Å². The van der Waals surface area contributed by atoms with Crippen LogP contribution in [0.2, 0.25) is 0 Å². The molecule has 1 fully saturated rings. The van der Waals surface area contributed by atoms with Crippen LogP contribution < -0.4 is 0 Å². The van der Waals surface area contributed by atoms with Crippen LogP contribution in [0.25, 0.3) is 0 Å². The summed E-state index contributed by atoms with van der Waals surface area (Å²) in [5.74, 6) is 0. The Bertz CT molecular complexity index is 639. The number of hydrogen-bond acceptors (Lipinski definition) is 3. The number of likely N-dealkylation sites (N-methyl/N-ethyl adjacent to an activating group) is 1. The molecule has 1 unspecified atom stereocenters. The molecule has 3 nitrogen and oxygen atoms in total. The van der Waals surface area contributed by atoms with Gasteiger partial charge in [0.05, 0.1) is 5.57 Å². The van der Waals surface area contributed by atoms with Crippen LogP contribution in [0.4, 0.5) is 13.2 Å². The number of rotatable bonds is 3. The summed E-state index contributed by atoms with van der Waals surface area (Å²) in [6.07, 6.45) is -0.358. The molecule has 0 radical (unpaired) electrons. The number of nitrogens with zero attached hydrogens (tertiary/aromatic N) is 3. The van der Waals surface area contributed by atoms with Gasteiger partial charge < -0.3 is 4.90 Å². The molecule has 2 atom stereocenters. The number of alkyl halides is 3. The van der Waals surface area contributed by atoms with Gasteiger partial charge in [-0.2, -0.15) is 13.2 Å². The molecule has 0 aliphatic carbocycles. The van der Waals surface area contributed by atoms with Crippen LogP contribution in [0.5, 0.6) is 0 Å².